The van der Waals surface area contributed by atoms with Crippen LogP contribution in [0.25, 0.3) is 0 Å². The Morgan fingerprint density at radius 1 is 1.12 bits per heavy atom. The lowest BCUT2D eigenvalue weighted by Gasteiger charge is -2.23. The zero-order valence-corrected chi connectivity index (χ0v) is 12.3. The van der Waals surface area contributed by atoms with E-state index in [0.717, 1.165) is 11.0 Å². The molecule has 0 aliphatic carbocycles. The fraction of sp³-hybridized carbons (Fsp3) is 0.417. The molecule has 0 radical (unpaired) electrons. The van der Waals surface area contributed by atoms with Gasteiger partial charge in [-0.05, 0) is 12.1 Å². The van der Waals surface area contributed by atoms with Crippen LogP contribution in [0, 0.1) is 0 Å². The number of ketones is 1. The first-order valence-corrected chi connectivity index (χ1v) is 6.33. The minimum atomic E-state index is -0.0124. The molecule has 94 valence electrons. The molecule has 0 spiro atoms. The van der Waals surface area contributed by atoms with E-state index >= 15 is 0 Å². The predicted octanol–water partition coefficient (Wildman–Crippen LogP) is 3.93. The van der Waals surface area contributed by atoms with Crippen LogP contribution in [0.3, 0.4) is 0 Å². The van der Waals surface area contributed by atoms with Crippen molar-refractivity contribution in [3.8, 4) is 0 Å². The van der Waals surface area contributed by atoms with Crippen LogP contribution >= 0.6 is 34.8 Å². The van der Waals surface area contributed by atoms with Gasteiger partial charge in [0.05, 0.1) is 49.2 Å². The zero-order chi connectivity index (χ0) is 13.2. The molecule has 5 heteroatoms. The molecule has 1 aromatic carbocycles. The maximum atomic E-state index is 12.0. The minimum Gasteiger partial charge on any atom is -0.331 e. The second kappa shape index (κ2) is 5.57. The second-order valence-electron chi connectivity index (χ2n) is 4.91. The molecule has 0 aromatic heterocycles. The first kappa shape index (κ1) is 14.8. The van der Waals surface area contributed by atoms with E-state index < -0.39 is 0 Å². The van der Waals surface area contributed by atoms with Crippen LogP contribution in [0.4, 0.5) is 0 Å². The molecule has 0 heterocycles. The van der Waals surface area contributed by atoms with Gasteiger partial charge in [0.2, 0.25) is 0 Å². The number of carbonyl (C=O) groups excluding carboxylic acids is 1. The number of carbonyl (C=O) groups is 1. The van der Waals surface area contributed by atoms with Crippen LogP contribution in [-0.2, 0) is 0 Å². The molecule has 17 heavy (non-hydrogen) atoms. The van der Waals surface area contributed by atoms with Crippen molar-refractivity contribution in [3.63, 3.8) is 0 Å². The van der Waals surface area contributed by atoms with Crippen LogP contribution in [0.15, 0.2) is 12.1 Å². The monoisotopic (exact) mass is 294 g/mol. The number of quaternary nitrogens is 1. The Morgan fingerprint density at radius 2 is 1.71 bits per heavy atom. The molecule has 0 amide bonds. The third kappa shape index (κ3) is 4.14. The number of benzene rings is 1. The van der Waals surface area contributed by atoms with E-state index in [2.05, 4.69) is 0 Å². The van der Waals surface area contributed by atoms with E-state index in [0.29, 0.717) is 17.0 Å². The van der Waals surface area contributed by atoms with E-state index in [9.17, 15) is 4.79 Å². The number of rotatable bonds is 4. The summed E-state index contributed by atoms with van der Waals surface area (Å²) in [4.78, 5) is 12.0. The SMILES string of the molecule is C[N+](C)(C)CCC(=O)c1ccc(Cl)c(Cl)c1Cl. The molecule has 0 saturated carbocycles. The van der Waals surface area contributed by atoms with Gasteiger partial charge < -0.3 is 4.48 Å². The van der Waals surface area contributed by atoms with Crippen molar-refractivity contribution < 1.29 is 9.28 Å². The fourth-order valence-corrected chi connectivity index (χ4v) is 1.95. The number of Topliss-reactive ketones (excluding diaryl/α,β-unsaturated/α-hetero) is 1. The van der Waals surface area contributed by atoms with E-state index in [-0.39, 0.29) is 15.8 Å². The van der Waals surface area contributed by atoms with Crippen molar-refractivity contribution >= 4 is 40.6 Å². The molecule has 0 fully saturated rings. The summed E-state index contributed by atoms with van der Waals surface area (Å²) < 4.78 is 0.727. The van der Waals surface area contributed by atoms with Crippen molar-refractivity contribution in [2.75, 3.05) is 27.7 Å². The summed E-state index contributed by atoms with van der Waals surface area (Å²) in [6, 6.07) is 3.21. The Bertz CT molecular complexity index is 438. The van der Waals surface area contributed by atoms with Gasteiger partial charge >= 0.3 is 0 Å². The Kier molecular flexibility index (Phi) is 4.85. The number of halogens is 3. The average molecular weight is 296 g/mol. The molecule has 2 nitrogen and oxygen atoms in total. The quantitative estimate of drug-likeness (QED) is 0.467. The Labute approximate surface area is 117 Å². The average Bonchev–Trinajstić information content (AvgIpc) is 2.22. The van der Waals surface area contributed by atoms with Crippen molar-refractivity contribution in [1.29, 1.82) is 0 Å². The standard InChI is InChI=1S/C12H15Cl3NO/c1-16(2,3)7-6-10(17)8-4-5-9(13)12(15)11(8)14/h4-5H,6-7H2,1-3H3/q+1. The summed E-state index contributed by atoms with van der Waals surface area (Å²) in [7, 11) is 6.09. The summed E-state index contributed by atoms with van der Waals surface area (Å²) in [5.41, 5.74) is 0.439. The van der Waals surface area contributed by atoms with Gasteiger partial charge in [-0.1, -0.05) is 34.8 Å². The molecule has 0 aliphatic heterocycles. The third-order valence-electron chi connectivity index (χ3n) is 2.35. The molecule has 0 unspecified atom stereocenters. The molecular formula is C12H15Cl3NO+. The molecule has 0 atom stereocenters. The second-order valence-corrected chi connectivity index (χ2v) is 6.07. The zero-order valence-electron chi connectivity index (χ0n) is 10.1. The van der Waals surface area contributed by atoms with Gasteiger partial charge in [-0.15, -0.1) is 0 Å². The van der Waals surface area contributed by atoms with Gasteiger partial charge in [-0.3, -0.25) is 4.79 Å². The highest BCUT2D eigenvalue weighted by Crippen LogP contribution is 2.33. The van der Waals surface area contributed by atoms with Crippen LogP contribution < -0.4 is 0 Å². The highest BCUT2D eigenvalue weighted by Gasteiger charge is 2.17. The highest BCUT2D eigenvalue weighted by atomic mass is 35.5. The molecule has 0 N–H and O–H groups in total. The lowest BCUT2D eigenvalue weighted by Crippen LogP contribution is -2.36. The van der Waals surface area contributed by atoms with Gasteiger partial charge in [0.25, 0.3) is 0 Å². The minimum absolute atomic E-state index is 0.0124. The van der Waals surface area contributed by atoms with Gasteiger partial charge in [-0.2, -0.15) is 0 Å². The van der Waals surface area contributed by atoms with Crippen molar-refractivity contribution in [1.82, 2.24) is 0 Å². The Balaban J connectivity index is 2.87. The molecule has 0 aliphatic rings. The van der Waals surface area contributed by atoms with Crippen LogP contribution in [-0.4, -0.2) is 38.0 Å². The van der Waals surface area contributed by atoms with Gasteiger partial charge in [0.1, 0.15) is 0 Å². The summed E-state index contributed by atoms with van der Waals surface area (Å²) in [5, 5.41) is 0.842. The topological polar surface area (TPSA) is 17.1 Å². The van der Waals surface area contributed by atoms with E-state index in [1.165, 1.54) is 0 Å². The lowest BCUT2D eigenvalue weighted by molar-refractivity contribution is -0.869. The summed E-state index contributed by atoms with van der Waals surface area (Å²) in [5.74, 6) is -0.0124. The van der Waals surface area contributed by atoms with E-state index in [1.54, 1.807) is 12.1 Å². The van der Waals surface area contributed by atoms with Crippen LogP contribution in [0.2, 0.25) is 15.1 Å². The van der Waals surface area contributed by atoms with E-state index in [4.69, 9.17) is 34.8 Å². The van der Waals surface area contributed by atoms with Crippen molar-refractivity contribution in [3.05, 3.63) is 32.8 Å². The maximum absolute atomic E-state index is 12.0. The predicted molar refractivity (Wildman–Crippen MR) is 73.3 cm³/mol. The van der Waals surface area contributed by atoms with Crippen LogP contribution in [0.1, 0.15) is 16.8 Å². The highest BCUT2D eigenvalue weighted by molar-refractivity contribution is 6.49. The van der Waals surface area contributed by atoms with E-state index in [1.807, 2.05) is 21.1 Å². The number of hydrogen-bond donors (Lipinski definition) is 0. The summed E-state index contributed by atoms with van der Waals surface area (Å²) in [6.45, 7) is 0.745. The molecule has 0 saturated heterocycles. The Hall–Kier alpha value is -0.280. The summed E-state index contributed by atoms with van der Waals surface area (Å²) >= 11 is 17.7. The first-order chi connectivity index (χ1) is 7.72. The largest absolute Gasteiger partial charge is 0.331 e. The van der Waals surface area contributed by atoms with Gasteiger partial charge in [0, 0.05) is 5.56 Å². The first-order valence-electron chi connectivity index (χ1n) is 5.19. The lowest BCUT2D eigenvalue weighted by atomic mass is 10.1. The van der Waals surface area contributed by atoms with Crippen molar-refractivity contribution in [2.45, 2.75) is 6.42 Å². The van der Waals surface area contributed by atoms with Crippen LogP contribution in [0.5, 0.6) is 0 Å². The normalized spacial score (nSPS) is 11.6. The molecular weight excluding hydrogens is 280 g/mol. The smallest absolute Gasteiger partial charge is 0.170 e. The fourth-order valence-electron chi connectivity index (χ4n) is 1.31. The molecule has 1 rings (SSSR count). The number of hydrogen-bond acceptors (Lipinski definition) is 1. The summed E-state index contributed by atoms with van der Waals surface area (Å²) in [6.07, 6.45) is 0.432. The Morgan fingerprint density at radius 3 is 2.24 bits per heavy atom. The number of nitrogens with zero attached hydrogens (tertiary/aromatic N) is 1. The third-order valence-corrected chi connectivity index (χ3v) is 3.64. The van der Waals surface area contributed by atoms with Crippen molar-refractivity contribution in [2.24, 2.45) is 0 Å². The molecule has 1 aromatic rings. The maximum Gasteiger partial charge on any atom is 0.170 e. The van der Waals surface area contributed by atoms with Gasteiger partial charge in [0.15, 0.2) is 5.78 Å². The molecule has 0 bridgehead atoms. The van der Waals surface area contributed by atoms with Gasteiger partial charge in [-0.25, -0.2) is 0 Å².